The Morgan fingerprint density at radius 3 is 1.27 bits per heavy atom. The third kappa shape index (κ3) is 4.32. The summed E-state index contributed by atoms with van der Waals surface area (Å²) in [5.74, 6) is -0.320. The minimum atomic E-state index is -4.31. The van der Waals surface area contributed by atoms with E-state index in [1.807, 2.05) is 27.7 Å². The summed E-state index contributed by atoms with van der Waals surface area (Å²) in [4.78, 5) is -0.360. The fourth-order valence-corrected chi connectivity index (χ4v) is 4.11. The summed E-state index contributed by atoms with van der Waals surface area (Å²) in [5, 5.41) is 0. The molecule has 2 atom stereocenters. The number of benzene rings is 2. The van der Waals surface area contributed by atoms with Gasteiger partial charge in [-0.15, -0.1) is 0 Å². The maximum Gasteiger partial charge on any atom is 0.294 e. The van der Waals surface area contributed by atoms with Gasteiger partial charge in [-0.25, -0.2) is 0 Å². The van der Waals surface area contributed by atoms with Crippen molar-refractivity contribution in [3.8, 4) is 0 Å². The van der Waals surface area contributed by atoms with Gasteiger partial charge in [0.1, 0.15) is 0 Å². The van der Waals surface area contributed by atoms with Crippen LogP contribution in [0.4, 0.5) is 0 Å². The molecule has 0 aliphatic heterocycles. The van der Waals surface area contributed by atoms with Crippen molar-refractivity contribution < 1.29 is 25.9 Å². The molecule has 2 rings (SSSR count). The molecule has 2 aromatic rings. The maximum atomic E-state index is 11.4. The van der Waals surface area contributed by atoms with Gasteiger partial charge in [0.25, 0.3) is 20.2 Å². The molecule has 0 radical (unpaired) electrons. The highest BCUT2D eigenvalue weighted by Crippen LogP contribution is 2.37. The first-order valence-electron chi connectivity index (χ1n) is 7.98. The number of rotatable bonds is 5. The van der Waals surface area contributed by atoms with Crippen LogP contribution in [0, 0.1) is 13.8 Å². The van der Waals surface area contributed by atoms with Crippen LogP contribution < -0.4 is 0 Å². The lowest BCUT2D eigenvalue weighted by molar-refractivity contribution is 0.480. The Morgan fingerprint density at radius 1 is 0.692 bits per heavy atom. The zero-order chi connectivity index (χ0) is 19.9. The van der Waals surface area contributed by atoms with E-state index in [1.54, 1.807) is 12.1 Å². The fraction of sp³-hybridized carbons (Fsp3) is 0.333. The molecule has 0 amide bonds. The first-order chi connectivity index (χ1) is 11.8. The molecule has 2 unspecified atom stereocenters. The highest BCUT2D eigenvalue weighted by molar-refractivity contribution is 7.86. The van der Waals surface area contributed by atoms with Crippen LogP contribution in [-0.2, 0) is 20.2 Å². The van der Waals surface area contributed by atoms with Crippen LogP contribution in [0.15, 0.2) is 46.2 Å². The number of aryl methyl sites for hydroxylation is 2. The third-order valence-electron chi connectivity index (χ3n) is 4.83. The molecule has 0 heterocycles. The van der Waals surface area contributed by atoms with Crippen molar-refractivity contribution in [2.75, 3.05) is 0 Å². The van der Waals surface area contributed by atoms with Gasteiger partial charge < -0.3 is 0 Å². The van der Waals surface area contributed by atoms with Crippen LogP contribution >= 0.6 is 0 Å². The smallest absolute Gasteiger partial charge is 0.282 e. The normalized spacial score (nSPS) is 14.8. The predicted octanol–water partition coefficient (Wildman–Crippen LogP) is 3.70. The van der Waals surface area contributed by atoms with Crippen molar-refractivity contribution in [3.63, 3.8) is 0 Å². The second-order valence-corrected chi connectivity index (χ2v) is 9.41. The summed E-state index contributed by atoms with van der Waals surface area (Å²) in [5.41, 5.74) is 3.20. The average Bonchev–Trinajstić information content (AvgIpc) is 2.52. The zero-order valence-electron chi connectivity index (χ0n) is 15.0. The molecule has 26 heavy (non-hydrogen) atoms. The Balaban J connectivity index is 2.53. The number of hydrogen-bond donors (Lipinski definition) is 2. The van der Waals surface area contributed by atoms with Crippen LogP contribution in [0.1, 0.15) is 47.9 Å². The van der Waals surface area contributed by atoms with Crippen LogP contribution in [0.2, 0.25) is 0 Å². The molecule has 0 bridgehead atoms. The molecule has 142 valence electrons. The Kier molecular flexibility index (Phi) is 5.63. The largest absolute Gasteiger partial charge is 0.294 e. The molecule has 0 saturated heterocycles. The van der Waals surface area contributed by atoms with Gasteiger partial charge in [-0.2, -0.15) is 16.8 Å². The molecule has 0 fully saturated rings. The second-order valence-electron chi connectivity index (χ2n) is 6.56. The van der Waals surface area contributed by atoms with Gasteiger partial charge in [0, 0.05) is 0 Å². The minimum absolute atomic E-state index is 0.160. The van der Waals surface area contributed by atoms with Gasteiger partial charge in [0.2, 0.25) is 0 Å². The van der Waals surface area contributed by atoms with Crippen molar-refractivity contribution >= 4 is 20.2 Å². The lowest BCUT2D eigenvalue weighted by Crippen LogP contribution is -2.10. The molecule has 8 heteroatoms. The van der Waals surface area contributed by atoms with Gasteiger partial charge >= 0.3 is 0 Å². The van der Waals surface area contributed by atoms with Crippen LogP contribution in [0.3, 0.4) is 0 Å². The van der Waals surface area contributed by atoms with E-state index in [0.717, 1.165) is 22.3 Å². The molecule has 2 N–H and O–H groups in total. The summed E-state index contributed by atoms with van der Waals surface area (Å²) in [6.07, 6.45) is 0. The van der Waals surface area contributed by atoms with Crippen molar-refractivity contribution in [2.45, 2.75) is 49.3 Å². The third-order valence-corrected chi connectivity index (χ3v) is 6.53. The maximum absolute atomic E-state index is 11.4. The van der Waals surface area contributed by atoms with Gasteiger partial charge in [-0.05, 0) is 72.2 Å². The molecule has 0 aromatic heterocycles. The lowest BCUT2D eigenvalue weighted by atomic mass is 9.81. The molecule has 0 aliphatic carbocycles. The molecule has 0 spiro atoms. The highest BCUT2D eigenvalue weighted by Gasteiger charge is 2.23. The summed E-state index contributed by atoms with van der Waals surface area (Å²) in [6.45, 7) is 7.49. The van der Waals surface area contributed by atoms with E-state index in [-0.39, 0.29) is 21.6 Å². The second kappa shape index (κ2) is 7.11. The Labute approximate surface area is 154 Å². The molecular weight excluding hydrogens is 376 g/mol. The van der Waals surface area contributed by atoms with E-state index in [1.165, 1.54) is 24.3 Å². The Morgan fingerprint density at radius 2 is 1.00 bits per heavy atom. The summed E-state index contributed by atoms with van der Waals surface area (Å²) in [7, 11) is -8.63. The monoisotopic (exact) mass is 398 g/mol. The van der Waals surface area contributed by atoms with E-state index in [2.05, 4.69) is 0 Å². The molecule has 0 saturated carbocycles. The molecule has 2 aromatic carbocycles. The van der Waals surface area contributed by atoms with E-state index < -0.39 is 20.2 Å². The topological polar surface area (TPSA) is 109 Å². The highest BCUT2D eigenvalue weighted by atomic mass is 32.2. The van der Waals surface area contributed by atoms with Crippen LogP contribution in [-0.4, -0.2) is 25.9 Å². The van der Waals surface area contributed by atoms with Crippen molar-refractivity contribution in [2.24, 2.45) is 0 Å². The fourth-order valence-electron chi connectivity index (χ4n) is 3.08. The van der Waals surface area contributed by atoms with Gasteiger partial charge in [0.15, 0.2) is 0 Å². The average molecular weight is 399 g/mol. The lowest BCUT2D eigenvalue weighted by Gasteiger charge is -2.25. The number of hydrogen-bond acceptors (Lipinski definition) is 4. The molecule has 6 nitrogen and oxygen atoms in total. The minimum Gasteiger partial charge on any atom is -0.282 e. The molecule has 0 aliphatic rings. The Bertz CT molecular complexity index is 954. The van der Waals surface area contributed by atoms with Crippen molar-refractivity contribution in [3.05, 3.63) is 58.7 Å². The first kappa shape index (κ1) is 20.6. The SMILES string of the molecule is Cc1ccc(S(=O)(=O)O)cc1C(C)C(C)c1cc(S(=O)(=O)O)ccc1C. The summed E-state index contributed by atoms with van der Waals surface area (Å²) in [6, 6.07) is 8.82. The summed E-state index contributed by atoms with van der Waals surface area (Å²) < 4.78 is 64.3. The zero-order valence-corrected chi connectivity index (χ0v) is 16.6. The van der Waals surface area contributed by atoms with Crippen molar-refractivity contribution in [1.29, 1.82) is 0 Å². The summed E-state index contributed by atoms with van der Waals surface area (Å²) >= 11 is 0. The van der Waals surface area contributed by atoms with E-state index in [0.29, 0.717) is 0 Å². The van der Waals surface area contributed by atoms with Gasteiger partial charge in [-0.1, -0.05) is 26.0 Å². The quantitative estimate of drug-likeness (QED) is 0.743. The van der Waals surface area contributed by atoms with Crippen molar-refractivity contribution in [1.82, 2.24) is 0 Å². The molecular formula is C18H22O6S2. The van der Waals surface area contributed by atoms with Gasteiger partial charge in [-0.3, -0.25) is 9.11 Å². The van der Waals surface area contributed by atoms with E-state index in [9.17, 15) is 25.9 Å². The van der Waals surface area contributed by atoms with Crippen LogP contribution in [0.25, 0.3) is 0 Å². The predicted molar refractivity (Wildman–Crippen MR) is 98.8 cm³/mol. The van der Waals surface area contributed by atoms with E-state index >= 15 is 0 Å². The first-order valence-corrected chi connectivity index (χ1v) is 10.9. The van der Waals surface area contributed by atoms with Gasteiger partial charge in [0.05, 0.1) is 9.79 Å². The van der Waals surface area contributed by atoms with Crippen LogP contribution in [0.5, 0.6) is 0 Å². The van der Waals surface area contributed by atoms with E-state index in [4.69, 9.17) is 0 Å². The Hall–Kier alpha value is -1.74. The standard InChI is InChI=1S/C18H22O6S2/c1-11-5-7-15(25(19,20)21)9-17(11)13(3)14(4)18-10-16(26(22,23)24)8-6-12(18)2/h5-10,13-14H,1-4H3,(H,19,20,21)(H,22,23,24).